The predicted octanol–water partition coefficient (Wildman–Crippen LogP) is 5.81. The van der Waals surface area contributed by atoms with Gasteiger partial charge in [0.25, 0.3) is 5.91 Å². The van der Waals surface area contributed by atoms with E-state index in [4.69, 9.17) is 4.74 Å². The first kappa shape index (κ1) is 29.3. The molecular formula is C35H32N2O6. The van der Waals surface area contributed by atoms with E-state index in [9.17, 15) is 24.3 Å². The smallest absolute Gasteiger partial charge is 0.407 e. The number of hydrogen-bond donors (Lipinski definition) is 3. The van der Waals surface area contributed by atoms with Crippen molar-refractivity contribution in [1.82, 2.24) is 10.6 Å². The average molecular weight is 577 g/mol. The number of ketones is 1. The Morgan fingerprint density at radius 3 is 1.88 bits per heavy atom. The predicted molar refractivity (Wildman–Crippen MR) is 162 cm³/mol. The van der Waals surface area contributed by atoms with Crippen LogP contribution >= 0.6 is 0 Å². The van der Waals surface area contributed by atoms with Crippen LogP contribution in [0.4, 0.5) is 4.79 Å². The number of benzene rings is 4. The van der Waals surface area contributed by atoms with Crippen LogP contribution in [0.15, 0.2) is 103 Å². The Balaban J connectivity index is 1.05. The topological polar surface area (TPSA) is 122 Å². The number of carbonyl (C=O) groups is 4. The summed E-state index contributed by atoms with van der Waals surface area (Å²) in [7, 11) is 0. The van der Waals surface area contributed by atoms with E-state index in [0.29, 0.717) is 36.1 Å². The Morgan fingerprint density at radius 2 is 1.26 bits per heavy atom. The summed E-state index contributed by atoms with van der Waals surface area (Å²) in [6.45, 7) is 0.431. The summed E-state index contributed by atoms with van der Waals surface area (Å²) in [6, 6.07) is 30.2. The molecule has 0 bridgehead atoms. The number of alkyl carbamates (subject to hydrolysis) is 1. The van der Waals surface area contributed by atoms with Gasteiger partial charge in [-0.3, -0.25) is 9.59 Å². The van der Waals surface area contributed by atoms with Gasteiger partial charge in [0.1, 0.15) is 12.6 Å². The Labute approximate surface area is 249 Å². The van der Waals surface area contributed by atoms with E-state index in [1.54, 1.807) is 48.5 Å². The molecule has 5 rings (SSSR count). The first-order valence-corrected chi connectivity index (χ1v) is 14.2. The van der Waals surface area contributed by atoms with Gasteiger partial charge in [-0.25, -0.2) is 9.59 Å². The Hall–Kier alpha value is -5.24. The molecule has 4 aromatic rings. The first-order valence-electron chi connectivity index (χ1n) is 14.2. The van der Waals surface area contributed by atoms with Crippen molar-refractivity contribution >= 4 is 23.8 Å². The quantitative estimate of drug-likeness (QED) is 0.145. The van der Waals surface area contributed by atoms with E-state index in [0.717, 1.165) is 22.3 Å². The zero-order valence-corrected chi connectivity index (χ0v) is 23.5. The summed E-state index contributed by atoms with van der Waals surface area (Å²) >= 11 is 0. The highest BCUT2D eigenvalue weighted by molar-refractivity contribution is 6.09. The molecule has 1 atom stereocenters. The molecule has 2 amide bonds. The van der Waals surface area contributed by atoms with Crippen LogP contribution in [0.1, 0.15) is 62.6 Å². The maximum Gasteiger partial charge on any atom is 0.407 e. The molecule has 0 radical (unpaired) electrons. The number of carboxylic acid groups (broad SMARTS) is 1. The summed E-state index contributed by atoms with van der Waals surface area (Å²) in [4.78, 5) is 49.4. The van der Waals surface area contributed by atoms with Gasteiger partial charge in [0.05, 0.1) is 0 Å². The first-order chi connectivity index (χ1) is 20.9. The second-order valence-corrected chi connectivity index (χ2v) is 10.4. The molecule has 0 spiro atoms. The largest absolute Gasteiger partial charge is 0.480 e. The average Bonchev–Trinajstić information content (AvgIpc) is 3.36. The lowest BCUT2D eigenvalue weighted by Gasteiger charge is -2.17. The molecule has 8 nitrogen and oxygen atoms in total. The van der Waals surface area contributed by atoms with Gasteiger partial charge in [-0.05, 0) is 53.6 Å². The van der Waals surface area contributed by atoms with Crippen molar-refractivity contribution in [3.05, 3.63) is 131 Å². The van der Waals surface area contributed by atoms with Gasteiger partial charge in [0, 0.05) is 29.2 Å². The lowest BCUT2D eigenvalue weighted by atomic mass is 9.98. The molecule has 1 aliphatic carbocycles. The van der Waals surface area contributed by atoms with Crippen molar-refractivity contribution in [2.45, 2.75) is 31.2 Å². The van der Waals surface area contributed by atoms with Gasteiger partial charge in [0.15, 0.2) is 5.78 Å². The second kappa shape index (κ2) is 13.6. The molecular weight excluding hydrogens is 544 g/mol. The maximum absolute atomic E-state index is 12.6. The molecule has 0 aliphatic heterocycles. The van der Waals surface area contributed by atoms with E-state index in [2.05, 4.69) is 10.6 Å². The lowest BCUT2D eigenvalue weighted by Crippen LogP contribution is -2.41. The van der Waals surface area contributed by atoms with Crippen molar-refractivity contribution < 1.29 is 29.0 Å². The van der Waals surface area contributed by atoms with Gasteiger partial charge in [-0.15, -0.1) is 0 Å². The Kier molecular flexibility index (Phi) is 9.26. The number of carboxylic acids is 1. The SMILES string of the molecule is O=C(N[C@@H](CCCCNC(=O)c1ccc(C(=O)c2ccccc2)cc1)C(=O)O)OCC1c2ccccc2-c2ccccc21. The molecule has 218 valence electrons. The normalized spacial score (nSPS) is 12.5. The highest BCUT2D eigenvalue weighted by Crippen LogP contribution is 2.44. The highest BCUT2D eigenvalue weighted by Gasteiger charge is 2.29. The van der Waals surface area contributed by atoms with E-state index < -0.39 is 18.1 Å². The monoisotopic (exact) mass is 576 g/mol. The molecule has 0 unspecified atom stereocenters. The van der Waals surface area contributed by atoms with Gasteiger partial charge in [-0.2, -0.15) is 0 Å². The van der Waals surface area contributed by atoms with Crippen molar-refractivity contribution in [2.24, 2.45) is 0 Å². The Bertz CT molecular complexity index is 1570. The summed E-state index contributed by atoms with van der Waals surface area (Å²) in [6.07, 6.45) is 0.389. The van der Waals surface area contributed by atoms with E-state index in [-0.39, 0.29) is 30.6 Å². The standard InChI is InChI=1S/C35H32N2O6/c38-32(23-10-2-1-3-11-23)24-17-19-25(20-18-24)33(39)36-21-9-8-16-31(34(40)41)37-35(42)43-22-30-28-14-6-4-12-26(28)27-13-5-7-15-29(27)30/h1-7,10-15,17-20,30-31H,8-9,16,21-22H2,(H,36,39)(H,37,42)(H,40,41)/t31-/m0/s1. The van der Waals surface area contributed by atoms with E-state index in [1.165, 1.54) is 0 Å². The molecule has 0 aromatic heterocycles. The Morgan fingerprint density at radius 1 is 0.698 bits per heavy atom. The highest BCUT2D eigenvalue weighted by atomic mass is 16.5. The molecule has 0 fully saturated rings. The lowest BCUT2D eigenvalue weighted by molar-refractivity contribution is -0.139. The number of rotatable bonds is 12. The van der Waals surface area contributed by atoms with Crippen LogP contribution in [-0.2, 0) is 9.53 Å². The van der Waals surface area contributed by atoms with Crippen LogP contribution in [0, 0.1) is 0 Å². The van der Waals surface area contributed by atoms with Gasteiger partial charge >= 0.3 is 12.1 Å². The minimum atomic E-state index is -1.15. The number of ether oxygens (including phenoxy) is 1. The summed E-state index contributed by atoms with van der Waals surface area (Å²) in [5, 5.41) is 14.9. The summed E-state index contributed by atoms with van der Waals surface area (Å²) in [5.41, 5.74) is 5.86. The molecule has 43 heavy (non-hydrogen) atoms. The third-order valence-electron chi connectivity index (χ3n) is 7.58. The van der Waals surface area contributed by atoms with Crippen molar-refractivity contribution in [2.75, 3.05) is 13.2 Å². The van der Waals surface area contributed by atoms with Crippen LogP contribution in [0.2, 0.25) is 0 Å². The molecule has 3 N–H and O–H groups in total. The van der Waals surface area contributed by atoms with Crippen LogP contribution in [0.25, 0.3) is 11.1 Å². The fraction of sp³-hybridized carbons (Fsp3) is 0.200. The van der Waals surface area contributed by atoms with E-state index >= 15 is 0 Å². The fourth-order valence-electron chi connectivity index (χ4n) is 5.35. The van der Waals surface area contributed by atoms with Crippen LogP contribution in [0.5, 0.6) is 0 Å². The van der Waals surface area contributed by atoms with Crippen LogP contribution in [0.3, 0.4) is 0 Å². The van der Waals surface area contributed by atoms with Crippen molar-refractivity contribution in [3.8, 4) is 11.1 Å². The number of aliphatic carboxylic acids is 1. The third-order valence-corrected chi connectivity index (χ3v) is 7.58. The number of carbonyl (C=O) groups excluding carboxylic acids is 3. The minimum Gasteiger partial charge on any atom is -0.480 e. The zero-order chi connectivity index (χ0) is 30.2. The van der Waals surface area contributed by atoms with E-state index in [1.807, 2.05) is 54.6 Å². The second-order valence-electron chi connectivity index (χ2n) is 10.4. The molecule has 4 aromatic carbocycles. The van der Waals surface area contributed by atoms with Crippen LogP contribution in [-0.4, -0.2) is 48.1 Å². The molecule has 0 heterocycles. The zero-order valence-electron chi connectivity index (χ0n) is 23.5. The number of amides is 2. The number of unbranched alkanes of at least 4 members (excludes halogenated alkanes) is 1. The third kappa shape index (κ3) is 6.98. The minimum absolute atomic E-state index is 0.0969. The molecule has 0 saturated heterocycles. The number of hydrogen-bond acceptors (Lipinski definition) is 5. The van der Waals surface area contributed by atoms with Gasteiger partial charge in [-0.1, -0.05) is 91.0 Å². The molecule has 0 saturated carbocycles. The van der Waals surface area contributed by atoms with Crippen LogP contribution < -0.4 is 10.6 Å². The number of nitrogens with one attached hydrogen (secondary N) is 2. The number of fused-ring (bicyclic) bond motifs is 3. The van der Waals surface area contributed by atoms with Gasteiger partial charge < -0.3 is 20.5 Å². The van der Waals surface area contributed by atoms with Gasteiger partial charge in [0.2, 0.25) is 0 Å². The molecule has 1 aliphatic rings. The molecule has 8 heteroatoms. The maximum atomic E-state index is 12.6. The van der Waals surface area contributed by atoms with Crippen molar-refractivity contribution in [3.63, 3.8) is 0 Å². The summed E-state index contributed by atoms with van der Waals surface area (Å²) < 4.78 is 5.49. The van der Waals surface area contributed by atoms with Crippen molar-refractivity contribution in [1.29, 1.82) is 0 Å². The fourth-order valence-corrected chi connectivity index (χ4v) is 5.35. The summed E-state index contributed by atoms with van der Waals surface area (Å²) in [5.74, 6) is -1.68.